The van der Waals surface area contributed by atoms with E-state index in [2.05, 4.69) is 15.4 Å². The number of hydrogen-bond donors (Lipinski definition) is 3. The summed E-state index contributed by atoms with van der Waals surface area (Å²) < 4.78 is 34.0. The Labute approximate surface area is 144 Å². The van der Waals surface area contributed by atoms with Crippen LogP contribution in [0.3, 0.4) is 0 Å². The molecule has 0 spiro atoms. The van der Waals surface area contributed by atoms with Crippen molar-refractivity contribution in [3.05, 3.63) is 23.8 Å². The van der Waals surface area contributed by atoms with Crippen LogP contribution in [-0.4, -0.2) is 31.7 Å². The highest BCUT2D eigenvalue weighted by Crippen LogP contribution is 2.29. The SMILES string of the molecule is COc1cc(CNC(=O)C(CC(C)C)NC(N)=O)ccc1OC(F)F. The molecule has 3 amide bonds. The molecule has 0 fully saturated rings. The fraction of sp³-hybridized carbons (Fsp3) is 0.500. The molecule has 1 atom stereocenters. The van der Waals surface area contributed by atoms with Gasteiger partial charge in [0.1, 0.15) is 6.04 Å². The first-order valence-electron chi connectivity index (χ1n) is 7.68. The van der Waals surface area contributed by atoms with E-state index in [1.165, 1.54) is 25.3 Å². The number of nitrogens with one attached hydrogen (secondary N) is 2. The van der Waals surface area contributed by atoms with Gasteiger partial charge in [0.05, 0.1) is 7.11 Å². The van der Waals surface area contributed by atoms with Gasteiger partial charge in [0.2, 0.25) is 5.91 Å². The van der Waals surface area contributed by atoms with Gasteiger partial charge in [0, 0.05) is 6.54 Å². The van der Waals surface area contributed by atoms with Crippen molar-refractivity contribution in [3.63, 3.8) is 0 Å². The second-order valence-electron chi connectivity index (χ2n) is 5.77. The summed E-state index contributed by atoms with van der Waals surface area (Å²) in [6.45, 7) is 0.987. The van der Waals surface area contributed by atoms with Crippen LogP contribution in [0.25, 0.3) is 0 Å². The molecule has 0 saturated heterocycles. The number of benzene rings is 1. The molecule has 0 aromatic heterocycles. The summed E-state index contributed by atoms with van der Waals surface area (Å²) in [5.41, 5.74) is 5.71. The lowest BCUT2D eigenvalue weighted by molar-refractivity contribution is -0.123. The summed E-state index contributed by atoms with van der Waals surface area (Å²) in [6, 6.07) is 2.81. The third kappa shape index (κ3) is 7.23. The van der Waals surface area contributed by atoms with Gasteiger partial charge in [-0.25, -0.2) is 4.79 Å². The van der Waals surface area contributed by atoms with Crippen LogP contribution in [0.1, 0.15) is 25.8 Å². The number of carbonyl (C=O) groups excluding carboxylic acids is 2. The molecular formula is C16H23F2N3O4. The Bertz CT molecular complexity index is 597. The van der Waals surface area contributed by atoms with Crippen molar-refractivity contribution in [2.45, 2.75) is 39.5 Å². The molecule has 25 heavy (non-hydrogen) atoms. The number of urea groups is 1. The summed E-state index contributed by atoms with van der Waals surface area (Å²) >= 11 is 0. The molecule has 9 heteroatoms. The van der Waals surface area contributed by atoms with Gasteiger partial charge in [-0.3, -0.25) is 4.79 Å². The lowest BCUT2D eigenvalue weighted by Crippen LogP contribution is -2.49. The van der Waals surface area contributed by atoms with Crippen molar-refractivity contribution < 1.29 is 27.8 Å². The number of ether oxygens (including phenoxy) is 2. The standard InChI is InChI=1S/C16H23F2N3O4/c1-9(2)6-11(21-16(19)23)14(22)20-8-10-4-5-12(25-15(17)18)13(7-10)24-3/h4-5,7,9,11,15H,6,8H2,1-3H3,(H,20,22)(H3,19,21,23). The van der Waals surface area contributed by atoms with Crippen LogP contribution in [0, 0.1) is 5.92 Å². The maximum atomic E-state index is 12.3. The van der Waals surface area contributed by atoms with Crippen LogP contribution in [0.15, 0.2) is 18.2 Å². The number of methoxy groups -OCH3 is 1. The van der Waals surface area contributed by atoms with Crippen molar-refractivity contribution in [1.82, 2.24) is 10.6 Å². The van der Waals surface area contributed by atoms with E-state index in [9.17, 15) is 18.4 Å². The van der Waals surface area contributed by atoms with Crippen LogP contribution in [-0.2, 0) is 11.3 Å². The van der Waals surface area contributed by atoms with Gasteiger partial charge in [0.25, 0.3) is 0 Å². The topological polar surface area (TPSA) is 103 Å². The average molecular weight is 359 g/mol. The minimum absolute atomic E-state index is 0.0966. The zero-order chi connectivity index (χ0) is 19.0. The second kappa shape index (κ2) is 9.65. The number of amides is 3. The molecule has 0 aliphatic heterocycles. The fourth-order valence-corrected chi connectivity index (χ4v) is 2.20. The summed E-state index contributed by atoms with van der Waals surface area (Å²) in [7, 11) is 1.32. The first-order chi connectivity index (χ1) is 11.7. The normalized spacial score (nSPS) is 12.0. The van der Waals surface area contributed by atoms with Crippen LogP contribution in [0.4, 0.5) is 13.6 Å². The molecule has 0 radical (unpaired) electrons. The number of carbonyl (C=O) groups is 2. The van der Waals surface area contributed by atoms with E-state index in [1.807, 2.05) is 13.8 Å². The van der Waals surface area contributed by atoms with Crippen LogP contribution < -0.4 is 25.8 Å². The van der Waals surface area contributed by atoms with E-state index in [-0.39, 0.29) is 29.9 Å². The third-order valence-corrected chi connectivity index (χ3v) is 3.25. The van der Waals surface area contributed by atoms with Gasteiger partial charge in [-0.2, -0.15) is 8.78 Å². The first kappa shape index (κ1) is 20.5. The van der Waals surface area contributed by atoms with Crippen molar-refractivity contribution in [2.24, 2.45) is 11.7 Å². The Hall–Kier alpha value is -2.58. The van der Waals surface area contributed by atoms with Gasteiger partial charge in [-0.05, 0) is 30.0 Å². The van der Waals surface area contributed by atoms with Crippen molar-refractivity contribution >= 4 is 11.9 Å². The lowest BCUT2D eigenvalue weighted by Gasteiger charge is -2.19. The van der Waals surface area contributed by atoms with Gasteiger partial charge < -0.3 is 25.8 Å². The predicted octanol–water partition coefficient (Wildman–Crippen LogP) is 2.00. The van der Waals surface area contributed by atoms with Crippen molar-refractivity contribution in [2.75, 3.05) is 7.11 Å². The van der Waals surface area contributed by atoms with Crippen LogP contribution in [0.2, 0.25) is 0 Å². The maximum Gasteiger partial charge on any atom is 0.387 e. The predicted molar refractivity (Wildman–Crippen MR) is 87.4 cm³/mol. The molecule has 4 N–H and O–H groups in total. The van der Waals surface area contributed by atoms with E-state index < -0.39 is 18.7 Å². The minimum atomic E-state index is -2.96. The maximum absolute atomic E-state index is 12.3. The van der Waals surface area contributed by atoms with E-state index in [4.69, 9.17) is 10.5 Å². The Kier molecular flexibility index (Phi) is 7.90. The number of alkyl halides is 2. The Morgan fingerprint density at radius 2 is 1.92 bits per heavy atom. The van der Waals surface area contributed by atoms with Gasteiger partial charge in [-0.15, -0.1) is 0 Å². The van der Waals surface area contributed by atoms with E-state index in [0.29, 0.717) is 12.0 Å². The second-order valence-corrected chi connectivity index (χ2v) is 5.77. The zero-order valence-electron chi connectivity index (χ0n) is 14.3. The fourth-order valence-electron chi connectivity index (χ4n) is 2.20. The number of hydrogen-bond acceptors (Lipinski definition) is 4. The summed E-state index contributed by atoms with van der Waals surface area (Å²) in [6.07, 6.45) is 0.430. The molecule has 1 aromatic rings. The molecule has 140 valence electrons. The summed E-state index contributed by atoms with van der Waals surface area (Å²) in [5.74, 6) is -0.186. The average Bonchev–Trinajstić information content (AvgIpc) is 2.51. The van der Waals surface area contributed by atoms with Gasteiger partial charge in [0.15, 0.2) is 11.5 Å². The summed E-state index contributed by atoms with van der Waals surface area (Å²) in [5, 5.41) is 5.07. The van der Waals surface area contributed by atoms with E-state index in [0.717, 1.165) is 0 Å². The minimum Gasteiger partial charge on any atom is -0.493 e. The van der Waals surface area contributed by atoms with E-state index >= 15 is 0 Å². The Balaban J connectivity index is 2.74. The largest absolute Gasteiger partial charge is 0.493 e. The highest BCUT2D eigenvalue weighted by molar-refractivity contribution is 5.86. The van der Waals surface area contributed by atoms with Crippen molar-refractivity contribution in [3.8, 4) is 11.5 Å². The van der Waals surface area contributed by atoms with Crippen LogP contribution >= 0.6 is 0 Å². The highest BCUT2D eigenvalue weighted by Gasteiger charge is 2.21. The Morgan fingerprint density at radius 3 is 2.44 bits per heavy atom. The molecule has 1 unspecified atom stereocenters. The number of halogens is 2. The smallest absolute Gasteiger partial charge is 0.387 e. The monoisotopic (exact) mass is 359 g/mol. The molecule has 0 bridgehead atoms. The Morgan fingerprint density at radius 1 is 1.24 bits per heavy atom. The molecule has 1 aromatic carbocycles. The quantitative estimate of drug-likeness (QED) is 0.627. The van der Waals surface area contributed by atoms with Gasteiger partial charge in [-0.1, -0.05) is 19.9 Å². The third-order valence-electron chi connectivity index (χ3n) is 3.25. The molecule has 0 aliphatic carbocycles. The number of rotatable bonds is 9. The zero-order valence-corrected chi connectivity index (χ0v) is 14.3. The molecule has 1 rings (SSSR count). The molecule has 7 nitrogen and oxygen atoms in total. The number of primary amides is 1. The van der Waals surface area contributed by atoms with Crippen molar-refractivity contribution in [1.29, 1.82) is 0 Å². The number of nitrogens with two attached hydrogens (primary N) is 1. The molecular weight excluding hydrogens is 336 g/mol. The lowest BCUT2D eigenvalue weighted by atomic mass is 10.0. The van der Waals surface area contributed by atoms with Gasteiger partial charge >= 0.3 is 12.6 Å². The molecule has 0 heterocycles. The first-order valence-corrected chi connectivity index (χ1v) is 7.68. The van der Waals surface area contributed by atoms with Crippen LogP contribution in [0.5, 0.6) is 11.5 Å². The molecule has 0 aliphatic rings. The molecule has 0 saturated carbocycles. The highest BCUT2D eigenvalue weighted by atomic mass is 19.3. The van der Waals surface area contributed by atoms with E-state index in [1.54, 1.807) is 0 Å². The summed E-state index contributed by atoms with van der Waals surface area (Å²) in [4.78, 5) is 23.2.